The lowest BCUT2D eigenvalue weighted by molar-refractivity contribution is -0.166. The van der Waals surface area contributed by atoms with Crippen LogP contribution in [0, 0.1) is 0 Å². The van der Waals surface area contributed by atoms with E-state index in [2.05, 4.69) is 87.6 Å². The first-order chi connectivity index (χ1) is 31.0. The van der Waals surface area contributed by atoms with Crippen LogP contribution in [0.4, 0.5) is 0 Å². The smallest absolute Gasteiger partial charge is 0.306 e. The third-order valence-corrected chi connectivity index (χ3v) is 11.2. The minimum atomic E-state index is -0.801. The standard InChI is InChI=1S/C57H98O6/c1-4-7-10-13-16-19-22-24-26-27-28-29-31-32-35-38-41-44-47-50-56(59)62-53-54(52-61-55(58)49-46-43-40-37-34-21-18-15-12-9-6-3)63-57(60)51-48-45-42-39-36-33-30-25-23-20-17-14-11-8-5-2/h7,10,16,19,24,26,28-29,32,35,41,44,54H,4-6,8-9,11-15,17-18,20-23,25,27,30-31,33-34,36-40,42-43,45-53H2,1-3H3/b10-7-,19-16-,26-24-,29-28-,35-32-,44-41-. The monoisotopic (exact) mass is 879 g/mol. The lowest BCUT2D eigenvalue weighted by Gasteiger charge is -2.18. The third-order valence-electron chi connectivity index (χ3n) is 11.2. The zero-order valence-corrected chi connectivity index (χ0v) is 41.3. The molecule has 1 unspecified atom stereocenters. The lowest BCUT2D eigenvalue weighted by Crippen LogP contribution is -2.30. The van der Waals surface area contributed by atoms with Gasteiger partial charge in [0.15, 0.2) is 6.10 Å². The van der Waals surface area contributed by atoms with Crippen molar-refractivity contribution in [3.8, 4) is 0 Å². The van der Waals surface area contributed by atoms with Crippen molar-refractivity contribution < 1.29 is 28.6 Å². The Hall–Kier alpha value is -3.15. The molecule has 0 bridgehead atoms. The Morgan fingerprint density at radius 3 is 0.968 bits per heavy atom. The molecule has 0 N–H and O–H groups in total. The fourth-order valence-corrected chi connectivity index (χ4v) is 7.29. The number of esters is 3. The van der Waals surface area contributed by atoms with Gasteiger partial charge in [-0.1, -0.05) is 248 Å². The molecule has 0 heterocycles. The van der Waals surface area contributed by atoms with E-state index in [1.807, 2.05) is 6.08 Å². The minimum absolute atomic E-state index is 0.0953. The first-order valence-corrected chi connectivity index (χ1v) is 26.4. The Morgan fingerprint density at radius 2 is 0.619 bits per heavy atom. The molecule has 0 aromatic carbocycles. The maximum absolute atomic E-state index is 12.8. The molecule has 0 radical (unpaired) electrons. The van der Waals surface area contributed by atoms with Gasteiger partial charge in [0.05, 0.1) is 0 Å². The molecule has 0 aliphatic rings. The van der Waals surface area contributed by atoms with E-state index < -0.39 is 6.10 Å². The first kappa shape index (κ1) is 59.9. The van der Waals surface area contributed by atoms with E-state index >= 15 is 0 Å². The van der Waals surface area contributed by atoms with Gasteiger partial charge in [-0.05, 0) is 57.8 Å². The lowest BCUT2D eigenvalue weighted by atomic mass is 10.0. The molecular weight excluding hydrogens is 781 g/mol. The summed E-state index contributed by atoms with van der Waals surface area (Å²) in [4.78, 5) is 37.9. The Bertz CT molecular complexity index is 1190. The van der Waals surface area contributed by atoms with Gasteiger partial charge in [0.2, 0.25) is 0 Å². The number of allylic oxidation sites excluding steroid dienone is 12. The average molecular weight is 879 g/mol. The van der Waals surface area contributed by atoms with Crippen LogP contribution >= 0.6 is 0 Å². The molecular formula is C57H98O6. The van der Waals surface area contributed by atoms with Gasteiger partial charge in [-0.25, -0.2) is 0 Å². The summed E-state index contributed by atoms with van der Waals surface area (Å²) in [6.07, 6.45) is 64.7. The second-order valence-electron chi connectivity index (χ2n) is 17.4. The van der Waals surface area contributed by atoms with Gasteiger partial charge < -0.3 is 14.2 Å². The fraction of sp³-hybridized carbons (Fsp3) is 0.737. The molecule has 6 nitrogen and oxygen atoms in total. The van der Waals surface area contributed by atoms with Crippen molar-refractivity contribution in [2.24, 2.45) is 0 Å². The van der Waals surface area contributed by atoms with Crippen LogP contribution in [0.25, 0.3) is 0 Å². The van der Waals surface area contributed by atoms with Crippen molar-refractivity contribution in [3.63, 3.8) is 0 Å². The molecule has 0 saturated heterocycles. The molecule has 0 aliphatic carbocycles. The van der Waals surface area contributed by atoms with Crippen LogP contribution in [0.3, 0.4) is 0 Å². The van der Waals surface area contributed by atoms with Crippen molar-refractivity contribution in [2.45, 2.75) is 258 Å². The van der Waals surface area contributed by atoms with Gasteiger partial charge >= 0.3 is 17.9 Å². The number of unbranched alkanes of at least 4 members (excludes halogenated alkanes) is 24. The number of carbonyl (C=O) groups is 3. The van der Waals surface area contributed by atoms with E-state index in [9.17, 15) is 14.4 Å². The molecule has 0 aromatic heterocycles. The highest BCUT2D eigenvalue weighted by Crippen LogP contribution is 2.15. The molecule has 0 spiro atoms. The average Bonchev–Trinajstić information content (AvgIpc) is 3.28. The van der Waals surface area contributed by atoms with Gasteiger partial charge in [0.25, 0.3) is 0 Å². The molecule has 0 rings (SSSR count). The van der Waals surface area contributed by atoms with Crippen LogP contribution in [0.15, 0.2) is 72.9 Å². The summed E-state index contributed by atoms with van der Waals surface area (Å²) in [7, 11) is 0. The van der Waals surface area contributed by atoms with E-state index in [1.54, 1.807) is 0 Å². The molecule has 0 aromatic rings. The maximum Gasteiger partial charge on any atom is 0.306 e. The van der Waals surface area contributed by atoms with Crippen molar-refractivity contribution in [1.29, 1.82) is 0 Å². The second-order valence-corrected chi connectivity index (χ2v) is 17.4. The van der Waals surface area contributed by atoms with Crippen molar-refractivity contribution >= 4 is 17.9 Å². The molecule has 0 fully saturated rings. The predicted octanol–water partition coefficient (Wildman–Crippen LogP) is 17.4. The van der Waals surface area contributed by atoms with E-state index in [0.29, 0.717) is 19.3 Å². The highest BCUT2D eigenvalue weighted by molar-refractivity contribution is 5.71. The molecule has 1 atom stereocenters. The van der Waals surface area contributed by atoms with Crippen LogP contribution in [-0.4, -0.2) is 37.2 Å². The summed E-state index contributed by atoms with van der Waals surface area (Å²) < 4.78 is 16.7. The minimum Gasteiger partial charge on any atom is -0.462 e. The van der Waals surface area contributed by atoms with Gasteiger partial charge in [-0.15, -0.1) is 0 Å². The Morgan fingerprint density at radius 1 is 0.333 bits per heavy atom. The second kappa shape index (κ2) is 51.5. The van der Waals surface area contributed by atoms with E-state index in [0.717, 1.165) is 77.0 Å². The van der Waals surface area contributed by atoms with Gasteiger partial charge in [0.1, 0.15) is 13.2 Å². The predicted molar refractivity (Wildman–Crippen MR) is 270 cm³/mol. The zero-order valence-electron chi connectivity index (χ0n) is 41.3. The highest BCUT2D eigenvalue weighted by Gasteiger charge is 2.19. The molecule has 6 heteroatoms. The van der Waals surface area contributed by atoms with Crippen LogP contribution in [-0.2, 0) is 28.6 Å². The summed E-state index contributed by atoms with van der Waals surface area (Å²) in [6, 6.07) is 0. The van der Waals surface area contributed by atoms with E-state index in [1.165, 1.54) is 128 Å². The summed E-state index contributed by atoms with van der Waals surface area (Å²) in [5, 5.41) is 0. The van der Waals surface area contributed by atoms with Gasteiger partial charge in [-0.2, -0.15) is 0 Å². The number of hydrogen-bond acceptors (Lipinski definition) is 6. The molecule has 0 amide bonds. The topological polar surface area (TPSA) is 78.9 Å². The number of carbonyl (C=O) groups excluding carboxylic acids is 3. The molecule has 0 aliphatic heterocycles. The van der Waals surface area contributed by atoms with Crippen LogP contribution in [0.2, 0.25) is 0 Å². The number of hydrogen-bond donors (Lipinski definition) is 0. The molecule has 362 valence electrons. The van der Waals surface area contributed by atoms with Crippen molar-refractivity contribution in [3.05, 3.63) is 72.9 Å². The van der Waals surface area contributed by atoms with Gasteiger partial charge in [-0.3, -0.25) is 14.4 Å². The Balaban J connectivity index is 4.46. The summed E-state index contributed by atoms with van der Waals surface area (Å²) in [6.45, 7) is 6.46. The van der Waals surface area contributed by atoms with Crippen LogP contribution in [0.1, 0.15) is 252 Å². The van der Waals surface area contributed by atoms with Crippen LogP contribution < -0.4 is 0 Å². The summed E-state index contributed by atoms with van der Waals surface area (Å²) in [5.41, 5.74) is 0. The fourth-order valence-electron chi connectivity index (χ4n) is 7.29. The Labute approximate surface area is 389 Å². The third kappa shape index (κ3) is 49.7. The number of rotatable bonds is 47. The van der Waals surface area contributed by atoms with E-state index in [-0.39, 0.29) is 37.5 Å². The molecule has 63 heavy (non-hydrogen) atoms. The van der Waals surface area contributed by atoms with Crippen LogP contribution in [0.5, 0.6) is 0 Å². The summed E-state index contributed by atoms with van der Waals surface area (Å²) >= 11 is 0. The molecule has 0 saturated carbocycles. The van der Waals surface area contributed by atoms with E-state index in [4.69, 9.17) is 14.2 Å². The largest absolute Gasteiger partial charge is 0.462 e. The number of ether oxygens (including phenoxy) is 3. The summed E-state index contributed by atoms with van der Waals surface area (Å²) in [5.74, 6) is -0.978. The van der Waals surface area contributed by atoms with Crippen molar-refractivity contribution in [1.82, 2.24) is 0 Å². The maximum atomic E-state index is 12.8. The Kier molecular flexibility index (Phi) is 48.9. The quantitative estimate of drug-likeness (QED) is 0.0262. The SMILES string of the molecule is CC/C=C\C/C=C\C/C=C\C/C=C\C/C=C\C/C=C\CCC(=O)OCC(COC(=O)CCCCCCCCCCCCC)OC(=O)CCCCCCCCCCCCCCCCC. The highest BCUT2D eigenvalue weighted by atomic mass is 16.6. The van der Waals surface area contributed by atoms with Gasteiger partial charge in [0, 0.05) is 19.3 Å². The first-order valence-electron chi connectivity index (χ1n) is 26.4. The normalized spacial score (nSPS) is 12.6. The zero-order chi connectivity index (χ0) is 45.8. The van der Waals surface area contributed by atoms with Crippen molar-refractivity contribution in [2.75, 3.05) is 13.2 Å².